The molecule has 0 heterocycles. The van der Waals surface area contributed by atoms with Gasteiger partial charge in [0.25, 0.3) is 0 Å². The molecule has 0 saturated heterocycles. The lowest BCUT2D eigenvalue weighted by Gasteiger charge is -2.17. The van der Waals surface area contributed by atoms with Crippen molar-refractivity contribution in [1.29, 1.82) is 0 Å². The fraction of sp³-hybridized carbons (Fsp3) is 0.385. The van der Waals surface area contributed by atoms with Crippen LogP contribution in [0.5, 0.6) is 0 Å². The molecule has 2 amide bonds. The Morgan fingerprint density at radius 2 is 1.86 bits per heavy atom. The van der Waals surface area contributed by atoms with Gasteiger partial charge in [0.2, 0.25) is 0 Å². The van der Waals surface area contributed by atoms with E-state index in [-0.39, 0.29) is 17.3 Å². The zero-order chi connectivity index (χ0) is 16.8. The van der Waals surface area contributed by atoms with E-state index in [9.17, 15) is 18.0 Å². The lowest BCUT2D eigenvalue weighted by atomic mass is 10.1. The molecule has 0 aliphatic heterocycles. The molecule has 9 heteroatoms. The molecular weight excluding hydrogens is 312 g/mol. The van der Waals surface area contributed by atoms with Crippen molar-refractivity contribution in [1.82, 2.24) is 5.32 Å². The monoisotopic (exact) mass is 330 g/mol. The fourth-order valence-electron chi connectivity index (χ4n) is 1.62. The van der Waals surface area contributed by atoms with E-state index in [2.05, 4.69) is 5.32 Å². The van der Waals surface area contributed by atoms with Crippen molar-refractivity contribution in [3.05, 3.63) is 29.8 Å². The molecule has 0 fully saturated rings. The predicted molar refractivity (Wildman–Crippen MR) is 78.0 cm³/mol. The number of hydrogen-bond donors (Lipinski definition) is 2. The van der Waals surface area contributed by atoms with E-state index in [1.54, 1.807) is 6.92 Å². The van der Waals surface area contributed by atoms with Crippen LogP contribution in [0.1, 0.15) is 18.6 Å². The van der Waals surface area contributed by atoms with Gasteiger partial charge in [-0.2, -0.15) is 0 Å². The minimum atomic E-state index is -3.32. The van der Waals surface area contributed by atoms with Crippen LogP contribution in [0.15, 0.2) is 29.2 Å². The Hall–Kier alpha value is -2.29. The quantitative estimate of drug-likeness (QED) is 0.800. The largest absolute Gasteiger partial charge is 0.445 e. The zero-order valence-electron chi connectivity index (χ0n) is 12.2. The second-order valence-electron chi connectivity index (χ2n) is 4.25. The number of rotatable bonds is 6. The first-order chi connectivity index (χ1) is 10.3. The Morgan fingerprint density at radius 1 is 1.27 bits per heavy atom. The smallest absolute Gasteiger partial charge is 0.407 e. The first kappa shape index (κ1) is 17.8. The third-order valence-electron chi connectivity index (χ3n) is 2.82. The van der Waals surface area contributed by atoms with Crippen molar-refractivity contribution in [2.75, 3.05) is 19.4 Å². The summed E-state index contributed by atoms with van der Waals surface area (Å²) in [5.74, 6) is -0.0205. The Balaban J connectivity index is 2.94. The van der Waals surface area contributed by atoms with E-state index in [0.717, 1.165) is 0 Å². The van der Waals surface area contributed by atoms with Crippen molar-refractivity contribution in [2.45, 2.75) is 17.9 Å². The van der Waals surface area contributed by atoms with E-state index in [4.69, 9.17) is 15.2 Å². The van der Waals surface area contributed by atoms with E-state index >= 15 is 0 Å². The molecule has 1 aromatic carbocycles. The number of amides is 2. The number of carbonyl (C=O) groups is 2. The summed E-state index contributed by atoms with van der Waals surface area (Å²) in [6, 6.07) is 5.74. The van der Waals surface area contributed by atoms with Crippen molar-refractivity contribution in [3.63, 3.8) is 0 Å². The SMILES string of the molecule is CCS(=O)(=O)c1ccc(C(COC(=O)NC)OC(N)=O)cc1. The van der Waals surface area contributed by atoms with Gasteiger partial charge in [-0.15, -0.1) is 0 Å². The lowest BCUT2D eigenvalue weighted by molar-refractivity contribution is 0.0488. The number of sulfone groups is 1. The average molecular weight is 330 g/mol. The number of nitrogens with two attached hydrogens (primary N) is 1. The first-order valence-corrected chi connectivity index (χ1v) is 8.08. The third kappa shape index (κ3) is 4.92. The van der Waals surface area contributed by atoms with Crippen LogP contribution in [-0.2, 0) is 19.3 Å². The van der Waals surface area contributed by atoms with Crippen LogP contribution in [0.2, 0.25) is 0 Å². The maximum atomic E-state index is 11.7. The minimum absolute atomic E-state index is 0.0205. The molecule has 3 N–H and O–H groups in total. The molecule has 0 spiro atoms. The summed E-state index contributed by atoms with van der Waals surface area (Å²) in [6.45, 7) is 1.29. The first-order valence-electron chi connectivity index (χ1n) is 6.43. The van der Waals surface area contributed by atoms with Gasteiger partial charge in [0.05, 0.1) is 10.6 Å². The number of alkyl carbamates (subject to hydrolysis) is 1. The molecule has 1 aromatic rings. The van der Waals surface area contributed by atoms with Gasteiger partial charge in [0, 0.05) is 7.05 Å². The van der Waals surface area contributed by atoms with Gasteiger partial charge < -0.3 is 20.5 Å². The molecule has 0 radical (unpaired) electrons. The highest BCUT2D eigenvalue weighted by Crippen LogP contribution is 2.21. The van der Waals surface area contributed by atoms with Crippen LogP contribution >= 0.6 is 0 Å². The number of carbonyl (C=O) groups excluding carboxylic acids is 2. The van der Waals surface area contributed by atoms with Crippen molar-refractivity contribution in [3.8, 4) is 0 Å². The molecule has 1 rings (SSSR count). The van der Waals surface area contributed by atoms with E-state index in [1.165, 1.54) is 31.3 Å². The van der Waals surface area contributed by atoms with Gasteiger partial charge in [0.1, 0.15) is 6.61 Å². The van der Waals surface area contributed by atoms with Crippen LogP contribution in [0.3, 0.4) is 0 Å². The Morgan fingerprint density at radius 3 is 2.32 bits per heavy atom. The summed E-state index contributed by atoms with van der Waals surface area (Å²) in [4.78, 5) is 22.1. The number of ether oxygens (including phenoxy) is 2. The Labute approximate surface area is 128 Å². The molecule has 0 aliphatic carbocycles. The second kappa shape index (κ2) is 7.64. The Kier molecular flexibility index (Phi) is 6.17. The van der Waals surface area contributed by atoms with Gasteiger partial charge in [-0.1, -0.05) is 19.1 Å². The molecule has 0 aliphatic rings. The highest BCUT2D eigenvalue weighted by molar-refractivity contribution is 7.91. The summed E-state index contributed by atoms with van der Waals surface area (Å²) in [5.41, 5.74) is 5.43. The van der Waals surface area contributed by atoms with Crippen LogP contribution < -0.4 is 11.1 Å². The van der Waals surface area contributed by atoms with Crippen molar-refractivity contribution < 1.29 is 27.5 Å². The molecule has 122 valence electrons. The Bertz CT molecular complexity index is 626. The average Bonchev–Trinajstić information content (AvgIpc) is 2.50. The molecule has 0 saturated carbocycles. The molecule has 8 nitrogen and oxygen atoms in total. The van der Waals surface area contributed by atoms with E-state index in [0.29, 0.717) is 5.56 Å². The highest BCUT2D eigenvalue weighted by atomic mass is 32.2. The maximum absolute atomic E-state index is 11.7. The summed E-state index contributed by atoms with van der Waals surface area (Å²) in [5, 5.41) is 2.25. The van der Waals surface area contributed by atoms with Gasteiger partial charge >= 0.3 is 12.2 Å². The standard InChI is InChI=1S/C13H18N2O6S/c1-3-22(18,19)10-6-4-9(5-7-10)11(21-12(14)16)8-20-13(17)15-2/h4-7,11H,3,8H2,1-2H3,(H2,14,16)(H,15,17). The molecule has 0 aromatic heterocycles. The molecular formula is C13H18N2O6S. The summed E-state index contributed by atoms with van der Waals surface area (Å²) >= 11 is 0. The molecule has 22 heavy (non-hydrogen) atoms. The summed E-state index contributed by atoms with van der Waals surface area (Å²) < 4.78 is 33.2. The van der Waals surface area contributed by atoms with Crippen LogP contribution in [-0.4, -0.2) is 40.0 Å². The van der Waals surface area contributed by atoms with E-state index in [1.807, 2.05) is 0 Å². The van der Waals surface area contributed by atoms with Crippen LogP contribution in [0.25, 0.3) is 0 Å². The lowest BCUT2D eigenvalue weighted by Crippen LogP contribution is -2.25. The van der Waals surface area contributed by atoms with Crippen LogP contribution in [0.4, 0.5) is 9.59 Å². The van der Waals surface area contributed by atoms with Gasteiger partial charge in [-0.25, -0.2) is 18.0 Å². The minimum Gasteiger partial charge on any atom is -0.445 e. The summed E-state index contributed by atoms with van der Waals surface area (Å²) in [6.07, 6.45) is -2.65. The van der Waals surface area contributed by atoms with Gasteiger partial charge in [0.15, 0.2) is 15.9 Å². The summed E-state index contributed by atoms with van der Waals surface area (Å²) in [7, 11) is -1.94. The van der Waals surface area contributed by atoms with Crippen molar-refractivity contribution in [2.24, 2.45) is 5.73 Å². The topological polar surface area (TPSA) is 125 Å². The number of benzene rings is 1. The normalized spacial score (nSPS) is 12.3. The highest BCUT2D eigenvalue weighted by Gasteiger charge is 2.19. The third-order valence-corrected chi connectivity index (χ3v) is 4.57. The van der Waals surface area contributed by atoms with Crippen LogP contribution in [0, 0.1) is 0 Å². The van der Waals surface area contributed by atoms with Crippen molar-refractivity contribution >= 4 is 22.0 Å². The second-order valence-corrected chi connectivity index (χ2v) is 6.52. The zero-order valence-corrected chi connectivity index (χ0v) is 13.1. The number of primary amides is 1. The maximum Gasteiger partial charge on any atom is 0.407 e. The molecule has 1 atom stereocenters. The fourth-order valence-corrected chi connectivity index (χ4v) is 2.50. The number of nitrogens with one attached hydrogen (secondary N) is 1. The molecule has 1 unspecified atom stereocenters. The van der Waals surface area contributed by atoms with Gasteiger partial charge in [-0.05, 0) is 17.7 Å². The van der Waals surface area contributed by atoms with Gasteiger partial charge in [-0.3, -0.25) is 0 Å². The molecule has 0 bridgehead atoms. The predicted octanol–water partition coefficient (Wildman–Crippen LogP) is 0.973. The van der Waals surface area contributed by atoms with E-state index < -0.39 is 28.1 Å². The number of hydrogen-bond acceptors (Lipinski definition) is 6.